The molecule has 3 aromatic carbocycles. The molecule has 2 aliphatic heterocycles. The zero-order chi connectivity index (χ0) is 46.5. The molecule has 2 fully saturated rings. The number of carbonyl (C=O) groups is 4. The Morgan fingerprint density at radius 2 is 1.20 bits per heavy atom. The minimum Gasteiger partial charge on any atom is -0.453 e. The van der Waals surface area contributed by atoms with Gasteiger partial charge in [-0.05, 0) is 84.0 Å². The summed E-state index contributed by atoms with van der Waals surface area (Å²) in [6.07, 6.45) is 0.126. The van der Waals surface area contributed by atoms with E-state index in [1.807, 2.05) is 68.4 Å². The highest BCUT2D eigenvalue weighted by Crippen LogP contribution is 2.36. The molecule has 294 valence electrons. The second kappa shape index (κ2) is 16.0. The summed E-state index contributed by atoms with van der Waals surface area (Å²) in [4.78, 5) is 71.4. The van der Waals surface area contributed by atoms with Crippen molar-refractivity contribution in [3.63, 3.8) is 0 Å². The summed E-state index contributed by atoms with van der Waals surface area (Å²) in [5, 5.41) is 4.47. The van der Waals surface area contributed by atoms with Crippen LogP contribution in [-0.4, -0.2) is 93.1 Å². The standard InChI is InChI=1S/C42H50N8O6/c1-23(2)35(47-41(53)55-5)39(51)49-19-7-9-33(49)37-43-29-17-15-27(21-31(29)45-37)25-11-13-26(14-12-25)28-16-18-30-32(22-28)46-38(44-30)34-10-8-20-50(34)40(52)36(24(3)4)48-42(54)56-6/h11-18,21-24,33-36H,7-10,19-20H2,1-6H3,(H,43,45)(H,44,46)(H,47,53)(H,48,54)/t33-,34-,35-,36+/m0/s1/i1D3,2D3,23D,35D/t33-,34-,35+,36-. The number of methoxy groups -OCH3 is 2. The van der Waals surface area contributed by atoms with Crippen LogP contribution in [0.2, 0.25) is 0 Å². The predicted molar refractivity (Wildman–Crippen MR) is 212 cm³/mol. The smallest absolute Gasteiger partial charge is 0.407 e. The summed E-state index contributed by atoms with van der Waals surface area (Å²) in [5.74, 6) is -4.54. The molecule has 14 heteroatoms. The monoisotopic (exact) mass is 770 g/mol. The van der Waals surface area contributed by atoms with Crippen molar-refractivity contribution in [2.75, 3.05) is 27.3 Å². The molecule has 0 radical (unpaired) electrons. The second-order valence-corrected chi connectivity index (χ2v) is 14.4. The molecule has 14 nitrogen and oxygen atoms in total. The molecule has 4 heterocycles. The average Bonchev–Trinajstić information content (AvgIpc) is 4.09. The van der Waals surface area contributed by atoms with Gasteiger partial charge in [0.2, 0.25) is 11.8 Å². The lowest BCUT2D eigenvalue weighted by molar-refractivity contribution is -0.136. The number of ether oxygens (including phenoxy) is 2. The van der Waals surface area contributed by atoms with Gasteiger partial charge in [0.15, 0.2) is 0 Å². The molecule has 2 aromatic heterocycles. The molecular formula is C42H50N8O6. The Kier molecular flexibility index (Phi) is 8.42. The highest BCUT2D eigenvalue weighted by Gasteiger charge is 2.39. The molecule has 4 N–H and O–H groups in total. The van der Waals surface area contributed by atoms with E-state index in [4.69, 9.17) is 20.7 Å². The molecule has 0 saturated carbocycles. The van der Waals surface area contributed by atoms with E-state index in [1.165, 1.54) is 7.11 Å². The predicted octanol–water partition coefficient (Wildman–Crippen LogP) is 6.86. The first-order valence-electron chi connectivity index (χ1n) is 22.5. The van der Waals surface area contributed by atoms with Crippen LogP contribution in [0.4, 0.5) is 9.59 Å². The number of hydrogen-bond acceptors (Lipinski definition) is 8. The number of nitrogens with one attached hydrogen (secondary N) is 4. The van der Waals surface area contributed by atoms with Crippen molar-refractivity contribution in [1.82, 2.24) is 40.4 Å². The van der Waals surface area contributed by atoms with Crippen molar-refractivity contribution in [3.8, 4) is 22.3 Å². The number of fused-ring (bicyclic) bond motifs is 2. The number of amides is 4. The minimum atomic E-state index is -3.79. The first-order valence-corrected chi connectivity index (χ1v) is 18.5. The van der Waals surface area contributed by atoms with E-state index >= 15 is 0 Å². The molecule has 0 spiro atoms. The third-order valence-corrected chi connectivity index (χ3v) is 10.5. The number of likely N-dealkylation sites (tertiary alicyclic amines) is 2. The SMILES string of the molecule is [2H]C([2H])([2H])C([2H])(C([2H])([2H])[2H])[C@@]([2H])(NC(=O)OC)C(=O)N1CCC[C@H]1c1nc2ccc(-c3ccc(-c4ccc5nc([C@@H]6CCCN6C(=O)[C@@H](NC(=O)OC)C(C)C)[nH]c5c4)cc3)cc2[nH]1. The molecule has 7 rings (SSSR count). The van der Waals surface area contributed by atoms with Gasteiger partial charge in [-0.25, -0.2) is 19.6 Å². The van der Waals surface area contributed by atoms with Crippen molar-refractivity contribution in [2.45, 2.75) is 77.4 Å². The van der Waals surface area contributed by atoms with Crippen molar-refractivity contribution < 1.29 is 39.6 Å². The van der Waals surface area contributed by atoms with Gasteiger partial charge in [0, 0.05) is 22.7 Å². The number of nitrogens with zero attached hydrogens (tertiary/aromatic N) is 4. The average molecular weight is 771 g/mol. The first-order chi connectivity index (χ1) is 30.1. The molecule has 5 aromatic rings. The quantitative estimate of drug-likeness (QED) is 0.119. The second-order valence-electron chi connectivity index (χ2n) is 14.4. The maximum Gasteiger partial charge on any atom is 0.407 e. The molecule has 2 saturated heterocycles. The third-order valence-electron chi connectivity index (χ3n) is 10.5. The summed E-state index contributed by atoms with van der Waals surface area (Å²) in [5.41, 5.74) is 6.37. The molecule has 0 bridgehead atoms. The first kappa shape index (κ1) is 29.4. The van der Waals surface area contributed by atoms with Gasteiger partial charge in [0.05, 0.1) is 49.7 Å². The summed E-state index contributed by atoms with van der Waals surface area (Å²) in [7, 11) is 2.17. The molecule has 4 amide bonds. The normalized spacial score (nSPS) is 21.4. The van der Waals surface area contributed by atoms with Crippen LogP contribution in [0.3, 0.4) is 0 Å². The molecule has 0 aliphatic carbocycles. The maximum absolute atomic E-state index is 14.2. The zero-order valence-electron chi connectivity index (χ0n) is 39.6. The van der Waals surface area contributed by atoms with Gasteiger partial charge in [-0.15, -0.1) is 0 Å². The van der Waals surface area contributed by atoms with Crippen molar-refractivity contribution >= 4 is 46.1 Å². The number of carbonyl (C=O) groups excluding carboxylic acids is 4. The van der Waals surface area contributed by atoms with Gasteiger partial charge in [0.1, 0.15) is 23.7 Å². The van der Waals surface area contributed by atoms with E-state index in [0.29, 0.717) is 42.1 Å². The fraction of sp³-hybridized carbons (Fsp3) is 0.429. The number of imidazole rings is 2. The fourth-order valence-corrected chi connectivity index (χ4v) is 7.60. The van der Waals surface area contributed by atoms with Gasteiger partial charge >= 0.3 is 12.2 Å². The van der Waals surface area contributed by atoms with Crippen LogP contribution in [0.25, 0.3) is 44.3 Å². The van der Waals surface area contributed by atoms with E-state index in [9.17, 15) is 19.2 Å². The van der Waals surface area contributed by atoms with Gasteiger partial charge in [-0.3, -0.25) is 9.59 Å². The van der Waals surface area contributed by atoms with Crippen LogP contribution in [0.5, 0.6) is 0 Å². The molecule has 4 atom stereocenters. The topological polar surface area (TPSA) is 175 Å². The number of benzene rings is 3. The zero-order valence-corrected chi connectivity index (χ0v) is 31.6. The van der Waals surface area contributed by atoms with Gasteiger partial charge in [-0.1, -0.05) is 63.9 Å². The Morgan fingerprint density at radius 1 is 0.732 bits per heavy atom. The van der Waals surface area contributed by atoms with Crippen LogP contribution < -0.4 is 10.6 Å². The van der Waals surface area contributed by atoms with Crippen LogP contribution >= 0.6 is 0 Å². The van der Waals surface area contributed by atoms with Gasteiger partial charge in [-0.2, -0.15) is 0 Å². The maximum atomic E-state index is 14.2. The van der Waals surface area contributed by atoms with E-state index in [0.717, 1.165) is 58.1 Å². The fourth-order valence-electron chi connectivity index (χ4n) is 7.60. The lowest BCUT2D eigenvalue weighted by Gasteiger charge is -2.29. The Morgan fingerprint density at radius 3 is 1.66 bits per heavy atom. The largest absolute Gasteiger partial charge is 0.453 e. The number of alkyl carbamates (subject to hydrolysis) is 2. The van der Waals surface area contributed by atoms with E-state index in [-0.39, 0.29) is 24.4 Å². The van der Waals surface area contributed by atoms with Crippen molar-refractivity contribution in [1.29, 1.82) is 0 Å². The highest BCUT2D eigenvalue weighted by atomic mass is 16.5. The Labute approximate surface area is 337 Å². The van der Waals surface area contributed by atoms with Crippen molar-refractivity contribution in [2.24, 2.45) is 11.8 Å². The lowest BCUT2D eigenvalue weighted by atomic mass is 10.00. The number of aromatic nitrogens is 4. The Bertz CT molecular complexity index is 2560. The van der Waals surface area contributed by atoms with E-state index < -0.39 is 55.8 Å². The highest BCUT2D eigenvalue weighted by molar-refractivity contribution is 5.88. The summed E-state index contributed by atoms with van der Waals surface area (Å²) in [6, 6.07) is 14.1. The number of hydrogen-bond donors (Lipinski definition) is 4. The third kappa shape index (κ3) is 7.64. The number of aromatic amines is 2. The molecule has 0 unspecified atom stereocenters. The van der Waals surface area contributed by atoms with Gasteiger partial charge in [0.25, 0.3) is 0 Å². The van der Waals surface area contributed by atoms with E-state index in [1.54, 1.807) is 16.3 Å². The van der Waals surface area contributed by atoms with Crippen molar-refractivity contribution in [3.05, 3.63) is 72.3 Å². The van der Waals surface area contributed by atoms with E-state index in [2.05, 4.69) is 25.0 Å². The van der Waals surface area contributed by atoms with Crippen LogP contribution in [-0.2, 0) is 19.1 Å². The summed E-state index contributed by atoms with van der Waals surface area (Å²) >= 11 is 0. The molecule has 2 aliphatic rings. The number of rotatable bonds is 10. The van der Waals surface area contributed by atoms with Crippen LogP contribution in [0.1, 0.15) is 87.9 Å². The Balaban J connectivity index is 1.10. The lowest BCUT2D eigenvalue weighted by Crippen LogP contribution is -2.51. The van der Waals surface area contributed by atoms with Gasteiger partial charge < -0.3 is 39.9 Å². The summed E-state index contributed by atoms with van der Waals surface area (Å²) in [6.45, 7) is -3.17. The molecule has 56 heavy (non-hydrogen) atoms. The number of H-pyrrole nitrogens is 2. The van der Waals surface area contributed by atoms with Crippen LogP contribution in [0, 0.1) is 11.8 Å². The summed E-state index contributed by atoms with van der Waals surface area (Å²) < 4.78 is 74.8. The molecular weight excluding hydrogens is 713 g/mol. The Hall–Kier alpha value is -5.92. The van der Waals surface area contributed by atoms with Crippen LogP contribution in [0.15, 0.2) is 60.7 Å². The minimum absolute atomic E-state index is 0.0230.